The van der Waals surface area contributed by atoms with Gasteiger partial charge in [0.05, 0.1) is 0 Å². The molecule has 0 aliphatic carbocycles. The second-order valence-corrected chi connectivity index (χ2v) is 8.70. The van der Waals surface area contributed by atoms with Crippen molar-refractivity contribution in [3.8, 4) is 0 Å². The fourth-order valence-electron chi connectivity index (χ4n) is 2.85. The smallest absolute Gasteiger partial charge is 0.373 e. The van der Waals surface area contributed by atoms with Crippen molar-refractivity contribution in [3.05, 3.63) is 53.0 Å². The van der Waals surface area contributed by atoms with Gasteiger partial charge < -0.3 is 13.3 Å². The minimum atomic E-state index is -2.94. The fraction of sp³-hybridized carbons (Fsp3) is 0.176. The van der Waals surface area contributed by atoms with Crippen LogP contribution in [0.4, 0.5) is 0 Å². The van der Waals surface area contributed by atoms with Gasteiger partial charge in [0.15, 0.2) is 0 Å². The van der Waals surface area contributed by atoms with Gasteiger partial charge in [-0.05, 0) is 39.7 Å². The van der Waals surface area contributed by atoms with E-state index in [0.29, 0.717) is 0 Å². The van der Waals surface area contributed by atoms with Crippen molar-refractivity contribution in [2.45, 2.75) is 0 Å². The molecule has 0 saturated carbocycles. The predicted molar refractivity (Wildman–Crippen MR) is 95.6 cm³/mol. The summed E-state index contributed by atoms with van der Waals surface area (Å²) in [5, 5.41) is 5.58. The number of hydrogen-bond acceptors (Lipinski definition) is 3. The standard InChI is InChI=1S/C17H17BrO3Si/c1-19-22(20-2,21-3)17-15-11-13-7-5-4-6-12(13)10-14(15)8-9-16(17)18/h4-11H,1-3H3. The summed E-state index contributed by atoms with van der Waals surface area (Å²) < 4.78 is 18.0. The van der Waals surface area contributed by atoms with Gasteiger partial charge in [0, 0.05) is 31.0 Å². The largest absolute Gasteiger partial charge is 0.538 e. The van der Waals surface area contributed by atoms with Crippen LogP contribution in [0.2, 0.25) is 0 Å². The maximum atomic E-state index is 5.69. The molecule has 3 aromatic carbocycles. The lowest BCUT2D eigenvalue weighted by Crippen LogP contribution is -2.55. The van der Waals surface area contributed by atoms with E-state index in [-0.39, 0.29) is 0 Å². The van der Waals surface area contributed by atoms with Crippen molar-refractivity contribution >= 4 is 51.5 Å². The number of halogens is 1. The zero-order valence-electron chi connectivity index (χ0n) is 12.7. The maximum Gasteiger partial charge on any atom is 0.538 e. The van der Waals surface area contributed by atoms with Gasteiger partial charge in [-0.15, -0.1) is 0 Å². The molecule has 5 heteroatoms. The van der Waals surface area contributed by atoms with E-state index in [2.05, 4.69) is 46.3 Å². The SMILES string of the molecule is CO[Si](OC)(OC)c1c(Br)ccc2cc3ccccc3cc12. The molecule has 0 saturated heterocycles. The van der Waals surface area contributed by atoms with Crippen molar-refractivity contribution in [1.29, 1.82) is 0 Å². The first-order valence-electron chi connectivity index (χ1n) is 6.92. The molecule has 0 aromatic heterocycles. The fourth-order valence-corrected chi connectivity index (χ4v) is 5.96. The van der Waals surface area contributed by atoms with Gasteiger partial charge in [-0.1, -0.05) is 46.3 Å². The molecule has 0 radical (unpaired) electrons. The summed E-state index contributed by atoms with van der Waals surface area (Å²) >= 11 is 3.63. The summed E-state index contributed by atoms with van der Waals surface area (Å²) in [5.74, 6) is 0. The van der Waals surface area contributed by atoms with Crippen LogP contribution < -0.4 is 5.19 Å². The normalized spacial score (nSPS) is 12.2. The Morgan fingerprint density at radius 1 is 0.773 bits per heavy atom. The highest BCUT2D eigenvalue weighted by atomic mass is 79.9. The summed E-state index contributed by atoms with van der Waals surface area (Å²) in [6.07, 6.45) is 0. The van der Waals surface area contributed by atoms with Crippen LogP contribution in [0.5, 0.6) is 0 Å². The van der Waals surface area contributed by atoms with Crippen molar-refractivity contribution < 1.29 is 13.3 Å². The van der Waals surface area contributed by atoms with E-state index in [1.165, 1.54) is 10.8 Å². The summed E-state index contributed by atoms with van der Waals surface area (Å²) in [5.41, 5.74) is 0. The van der Waals surface area contributed by atoms with E-state index < -0.39 is 8.80 Å². The highest BCUT2D eigenvalue weighted by Gasteiger charge is 2.43. The molecule has 0 atom stereocenters. The van der Waals surface area contributed by atoms with E-state index in [1.807, 2.05) is 18.2 Å². The highest BCUT2D eigenvalue weighted by molar-refractivity contribution is 9.10. The zero-order chi connectivity index (χ0) is 15.7. The highest BCUT2D eigenvalue weighted by Crippen LogP contribution is 2.27. The van der Waals surface area contributed by atoms with E-state index in [0.717, 1.165) is 20.4 Å². The van der Waals surface area contributed by atoms with Gasteiger partial charge >= 0.3 is 8.80 Å². The molecule has 22 heavy (non-hydrogen) atoms. The Labute approximate surface area is 139 Å². The van der Waals surface area contributed by atoms with Crippen LogP contribution >= 0.6 is 15.9 Å². The van der Waals surface area contributed by atoms with E-state index in [4.69, 9.17) is 13.3 Å². The summed E-state index contributed by atoms with van der Waals surface area (Å²) in [6, 6.07) is 16.8. The van der Waals surface area contributed by atoms with Gasteiger partial charge in [-0.2, -0.15) is 0 Å². The molecular weight excluding hydrogens is 360 g/mol. The number of benzene rings is 3. The summed E-state index contributed by atoms with van der Waals surface area (Å²) in [7, 11) is 1.95. The lowest BCUT2D eigenvalue weighted by Gasteiger charge is -2.27. The van der Waals surface area contributed by atoms with Crippen LogP contribution in [-0.4, -0.2) is 30.1 Å². The minimum absolute atomic E-state index is 0.937. The third-order valence-electron chi connectivity index (χ3n) is 3.95. The van der Waals surface area contributed by atoms with Gasteiger partial charge in [0.2, 0.25) is 0 Å². The Morgan fingerprint density at radius 2 is 1.36 bits per heavy atom. The monoisotopic (exact) mass is 376 g/mol. The van der Waals surface area contributed by atoms with Crippen LogP contribution in [0.1, 0.15) is 0 Å². The molecule has 0 heterocycles. The molecule has 3 rings (SSSR count). The van der Waals surface area contributed by atoms with Crippen LogP contribution in [-0.2, 0) is 13.3 Å². The Kier molecular flexibility index (Phi) is 4.34. The van der Waals surface area contributed by atoms with Crippen molar-refractivity contribution in [2.75, 3.05) is 21.3 Å². The van der Waals surface area contributed by atoms with Crippen molar-refractivity contribution in [3.63, 3.8) is 0 Å². The molecule has 0 N–H and O–H groups in total. The van der Waals surface area contributed by atoms with Gasteiger partial charge in [0.25, 0.3) is 0 Å². The van der Waals surface area contributed by atoms with E-state index >= 15 is 0 Å². The average Bonchev–Trinajstić information content (AvgIpc) is 2.56. The molecule has 0 unspecified atom stereocenters. The molecular formula is C17H17BrO3Si. The van der Waals surface area contributed by atoms with Gasteiger partial charge in [-0.3, -0.25) is 0 Å². The average molecular weight is 377 g/mol. The number of fused-ring (bicyclic) bond motifs is 2. The van der Waals surface area contributed by atoms with Crippen molar-refractivity contribution in [2.24, 2.45) is 0 Å². The molecule has 0 amide bonds. The molecule has 0 bridgehead atoms. The Balaban J connectivity index is 2.42. The predicted octanol–water partition coefficient (Wildman–Crippen LogP) is 3.84. The third kappa shape index (κ3) is 2.39. The first-order chi connectivity index (χ1) is 10.6. The van der Waals surface area contributed by atoms with Crippen molar-refractivity contribution in [1.82, 2.24) is 0 Å². The van der Waals surface area contributed by atoms with Crippen LogP contribution in [0.15, 0.2) is 53.0 Å². The topological polar surface area (TPSA) is 27.7 Å². The molecule has 114 valence electrons. The number of hydrogen-bond donors (Lipinski definition) is 0. The Bertz CT molecular complexity index is 822. The molecule has 0 aliphatic rings. The summed E-state index contributed by atoms with van der Waals surface area (Å²) in [4.78, 5) is 0. The first-order valence-corrected chi connectivity index (χ1v) is 9.44. The summed E-state index contributed by atoms with van der Waals surface area (Å²) in [6.45, 7) is 0. The second kappa shape index (κ2) is 6.10. The van der Waals surface area contributed by atoms with Gasteiger partial charge in [-0.25, -0.2) is 0 Å². The lowest BCUT2D eigenvalue weighted by atomic mass is 10.0. The van der Waals surface area contributed by atoms with Gasteiger partial charge in [0.1, 0.15) is 0 Å². The minimum Gasteiger partial charge on any atom is -0.373 e. The van der Waals surface area contributed by atoms with Crippen LogP contribution in [0.3, 0.4) is 0 Å². The lowest BCUT2D eigenvalue weighted by molar-refractivity contribution is 0.140. The maximum absolute atomic E-state index is 5.69. The number of rotatable bonds is 4. The molecule has 0 aliphatic heterocycles. The zero-order valence-corrected chi connectivity index (χ0v) is 15.3. The first kappa shape index (κ1) is 15.6. The Morgan fingerprint density at radius 3 is 1.95 bits per heavy atom. The third-order valence-corrected chi connectivity index (χ3v) is 7.74. The van der Waals surface area contributed by atoms with E-state index in [9.17, 15) is 0 Å². The second-order valence-electron chi connectivity index (χ2n) is 5.01. The van der Waals surface area contributed by atoms with E-state index in [1.54, 1.807) is 21.3 Å². The molecule has 0 spiro atoms. The Hall–Kier alpha value is -1.24. The molecule has 0 fully saturated rings. The van der Waals surface area contributed by atoms with Crippen LogP contribution in [0.25, 0.3) is 21.5 Å². The van der Waals surface area contributed by atoms with Crippen LogP contribution in [0, 0.1) is 0 Å². The quantitative estimate of drug-likeness (QED) is 0.511. The molecule has 3 aromatic rings. The molecule has 3 nitrogen and oxygen atoms in total.